The molecule has 2 spiro atoms. The van der Waals surface area contributed by atoms with Crippen LogP contribution in [0.4, 0.5) is 0 Å². The molecule has 33 heavy (non-hydrogen) atoms. The van der Waals surface area contributed by atoms with E-state index in [9.17, 15) is 9.59 Å². The predicted octanol–water partition coefficient (Wildman–Crippen LogP) is 4.17. The normalized spacial score (nSPS) is 46.9. The minimum atomic E-state index is -0.824. The summed E-state index contributed by atoms with van der Waals surface area (Å²) in [6, 6.07) is 1.84. The molecule has 0 radical (unpaired) electrons. The van der Waals surface area contributed by atoms with E-state index in [-0.39, 0.29) is 18.0 Å². The molecule has 1 aromatic heterocycles. The lowest BCUT2D eigenvalue weighted by atomic mass is 9.51. The summed E-state index contributed by atoms with van der Waals surface area (Å²) in [5.74, 6) is -0.180. The van der Waals surface area contributed by atoms with Crippen LogP contribution in [-0.4, -0.2) is 35.3 Å². The molecular weight excluding hydrogens is 424 g/mol. The van der Waals surface area contributed by atoms with Crippen LogP contribution >= 0.6 is 0 Å². The van der Waals surface area contributed by atoms with Crippen LogP contribution in [0.5, 0.6) is 0 Å². The third kappa shape index (κ3) is 2.24. The van der Waals surface area contributed by atoms with Crippen molar-refractivity contribution in [2.24, 2.45) is 16.2 Å². The van der Waals surface area contributed by atoms with Gasteiger partial charge >= 0.3 is 11.9 Å². The summed E-state index contributed by atoms with van der Waals surface area (Å²) in [6.07, 6.45) is 10.5. The largest absolute Gasteiger partial charge is 0.493 e. The van der Waals surface area contributed by atoms with Crippen molar-refractivity contribution in [3.05, 3.63) is 60.8 Å². The Morgan fingerprint density at radius 3 is 2.55 bits per heavy atom. The number of esters is 2. The summed E-state index contributed by atoms with van der Waals surface area (Å²) in [4.78, 5) is 25.0. The fourth-order valence-electron chi connectivity index (χ4n) is 7.05. The lowest BCUT2D eigenvalue weighted by molar-refractivity contribution is -0.176. The second kappa shape index (κ2) is 6.00. The molecule has 6 rings (SSSR count). The fourth-order valence-corrected chi connectivity index (χ4v) is 7.05. The Hall–Kier alpha value is -2.80. The lowest BCUT2D eigenvalue weighted by Gasteiger charge is -2.54. The van der Waals surface area contributed by atoms with Crippen molar-refractivity contribution in [3.8, 4) is 0 Å². The quantitative estimate of drug-likeness (QED) is 0.378. The average molecular weight is 453 g/mol. The van der Waals surface area contributed by atoms with Crippen LogP contribution in [0.25, 0.3) is 0 Å². The highest BCUT2D eigenvalue weighted by Gasteiger charge is 2.84. The van der Waals surface area contributed by atoms with Crippen LogP contribution < -0.4 is 0 Å². The first-order valence-electron chi connectivity index (χ1n) is 11.4. The molecule has 1 aromatic rings. The van der Waals surface area contributed by atoms with Crippen molar-refractivity contribution in [2.75, 3.05) is 0 Å². The van der Waals surface area contributed by atoms with Gasteiger partial charge in [0, 0.05) is 23.5 Å². The molecule has 7 atom stereocenters. The van der Waals surface area contributed by atoms with Gasteiger partial charge < -0.3 is 23.4 Å². The molecule has 0 saturated carbocycles. The molecule has 5 aliphatic rings. The Morgan fingerprint density at radius 1 is 1.06 bits per heavy atom. The smallest absolute Gasteiger partial charge is 0.339 e. The molecular formula is C26H28O7. The summed E-state index contributed by atoms with van der Waals surface area (Å²) in [5.41, 5.74) is -2.66. The van der Waals surface area contributed by atoms with Gasteiger partial charge in [-0.2, -0.15) is 0 Å². The molecule has 174 valence electrons. The zero-order chi connectivity index (χ0) is 23.4. The first-order valence-corrected chi connectivity index (χ1v) is 11.4. The number of rotatable bonds is 2. The van der Waals surface area contributed by atoms with Crippen molar-refractivity contribution in [3.63, 3.8) is 0 Å². The molecule has 5 heterocycles. The van der Waals surface area contributed by atoms with Crippen molar-refractivity contribution in [1.82, 2.24) is 0 Å². The van der Waals surface area contributed by atoms with Gasteiger partial charge in [0.25, 0.3) is 0 Å². The van der Waals surface area contributed by atoms with E-state index < -0.39 is 39.7 Å². The van der Waals surface area contributed by atoms with E-state index in [2.05, 4.69) is 32.6 Å². The third-order valence-corrected chi connectivity index (χ3v) is 9.04. The van der Waals surface area contributed by atoms with Crippen LogP contribution in [0, 0.1) is 16.2 Å². The Labute approximate surface area is 192 Å². The van der Waals surface area contributed by atoms with E-state index in [0.717, 1.165) is 5.56 Å². The second-order valence-corrected chi connectivity index (χ2v) is 10.9. The molecule has 0 bridgehead atoms. The van der Waals surface area contributed by atoms with Gasteiger partial charge in [0.1, 0.15) is 29.2 Å². The second-order valence-electron chi connectivity index (χ2n) is 10.9. The summed E-state index contributed by atoms with van der Waals surface area (Å²) >= 11 is 0. The molecule has 3 saturated heterocycles. The maximum atomic E-state index is 13.0. The number of epoxide rings is 1. The molecule has 3 fully saturated rings. The maximum absolute atomic E-state index is 13.0. The molecule has 4 aliphatic heterocycles. The van der Waals surface area contributed by atoms with Crippen molar-refractivity contribution in [1.29, 1.82) is 0 Å². The first kappa shape index (κ1) is 20.8. The van der Waals surface area contributed by atoms with Crippen LogP contribution in [-0.2, 0) is 28.5 Å². The third-order valence-electron chi connectivity index (χ3n) is 9.04. The molecule has 0 amide bonds. The highest BCUT2D eigenvalue weighted by molar-refractivity contribution is 5.84. The van der Waals surface area contributed by atoms with Gasteiger partial charge in [0.05, 0.1) is 23.4 Å². The summed E-state index contributed by atoms with van der Waals surface area (Å²) in [6.45, 7) is 12.2. The van der Waals surface area contributed by atoms with E-state index in [1.54, 1.807) is 12.5 Å². The number of hydrogen-bond acceptors (Lipinski definition) is 7. The first-order chi connectivity index (χ1) is 15.5. The molecule has 0 unspecified atom stereocenters. The fraction of sp³-hybridized carbons (Fsp3) is 0.538. The van der Waals surface area contributed by atoms with Gasteiger partial charge in [-0.1, -0.05) is 31.7 Å². The molecule has 0 N–H and O–H groups in total. The van der Waals surface area contributed by atoms with Crippen LogP contribution in [0.3, 0.4) is 0 Å². The Kier molecular flexibility index (Phi) is 3.78. The van der Waals surface area contributed by atoms with Crippen molar-refractivity contribution >= 4 is 11.9 Å². The highest BCUT2D eigenvalue weighted by atomic mass is 16.7. The number of hydrogen-bond donors (Lipinski definition) is 0. The monoisotopic (exact) mass is 452 g/mol. The SMILES string of the molecule is C=C1O[C@@H]([C@]2(C)C=CC[C@@]3(C)[C@H](c4ccoc4)OC(=O)[C@H]4O[C@@]423)C[C@]12C=CC(=O)OC2(C)C. The van der Waals surface area contributed by atoms with E-state index >= 15 is 0 Å². The van der Waals surface area contributed by atoms with E-state index in [1.807, 2.05) is 26.0 Å². The highest BCUT2D eigenvalue weighted by Crippen LogP contribution is 2.74. The van der Waals surface area contributed by atoms with Gasteiger partial charge in [-0.15, -0.1) is 0 Å². The Morgan fingerprint density at radius 2 is 1.85 bits per heavy atom. The van der Waals surface area contributed by atoms with E-state index in [0.29, 0.717) is 18.6 Å². The van der Waals surface area contributed by atoms with E-state index in [4.69, 9.17) is 23.4 Å². The molecule has 7 nitrogen and oxygen atoms in total. The topological polar surface area (TPSA) is 87.5 Å². The van der Waals surface area contributed by atoms with Gasteiger partial charge in [-0.3, -0.25) is 0 Å². The van der Waals surface area contributed by atoms with Gasteiger partial charge in [0.15, 0.2) is 6.10 Å². The van der Waals surface area contributed by atoms with Crippen LogP contribution in [0.1, 0.15) is 52.2 Å². The summed E-state index contributed by atoms with van der Waals surface area (Å²) in [5, 5.41) is 0. The van der Waals surface area contributed by atoms with Gasteiger partial charge in [0.2, 0.25) is 0 Å². The standard InChI is InChI=1S/C26H28O7/c1-15-25(11-7-18(27)32-22(25,2)3)13-17(30-15)23(4)9-6-10-24(5)19(16-8-12-29-14-16)31-21(28)20-26(23,24)33-20/h6-9,11-12,14,17,19-20H,1,10,13H2,2-5H3/t17-,19+,20-,23+,24+,25-,26+/m1/s1. The van der Waals surface area contributed by atoms with Crippen molar-refractivity contribution in [2.45, 2.75) is 70.1 Å². The number of ether oxygens (including phenoxy) is 4. The number of allylic oxidation sites excluding steroid dienone is 1. The molecule has 7 heteroatoms. The van der Waals surface area contributed by atoms with Crippen LogP contribution in [0.15, 0.2) is 59.7 Å². The van der Waals surface area contributed by atoms with Crippen LogP contribution in [0.2, 0.25) is 0 Å². The summed E-state index contributed by atoms with van der Waals surface area (Å²) < 4.78 is 29.7. The summed E-state index contributed by atoms with van der Waals surface area (Å²) in [7, 11) is 0. The zero-order valence-electron chi connectivity index (χ0n) is 19.3. The van der Waals surface area contributed by atoms with E-state index in [1.165, 1.54) is 6.08 Å². The molecule has 1 aliphatic carbocycles. The van der Waals surface area contributed by atoms with Gasteiger partial charge in [-0.25, -0.2) is 9.59 Å². The zero-order valence-corrected chi connectivity index (χ0v) is 19.3. The number of carbonyl (C=O) groups is 2. The number of furan rings is 1. The lowest BCUT2D eigenvalue weighted by Crippen LogP contribution is -2.62. The number of cyclic esters (lactones) is 2. The average Bonchev–Trinajstić information content (AvgIpc) is 3.13. The molecule has 0 aromatic carbocycles. The predicted molar refractivity (Wildman–Crippen MR) is 115 cm³/mol. The van der Waals surface area contributed by atoms with Crippen molar-refractivity contribution < 1.29 is 33.0 Å². The Bertz CT molecular complexity index is 1130. The maximum Gasteiger partial charge on any atom is 0.339 e. The Balaban J connectivity index is 1.44. The minimum Gasteiger partial charge on any atom is -0.493 e. The van der Waals surface area contributed by atoms with Gasteiger partial charge in [-0.05, 0) is 33.3 Å². The minimum absolute atomic E-state index is 0.345. The number of carbonyl (C=O) groups excluding carboxylic acids is 2.